The molecule has 4 rings (SSSR count). The molecule has 0 aliphatic carbocycles. The van der Waals surface area contributed by atoms with Crippen LogP contribution in [0.5, 0.6) is 0 Å². The van der Waals surface area contributed by atoms with Gasteiger partial charge in [-0.3, -0.25) is 4.79 Å². The van der Waals surface area contributed by atoms with Gasteiger partial charge in [0.05, 0.1) is 12.4 Å². The first-order valence-electron chi connectivity index (χ1n) is 8.82. The average Bonchev–Trinajstić information content (AvgIpc) is 3.09. The quantitative estimate of drug-likeness (QED) is 0.523. The van der Waals surface area contributed by atoms with Crippen LogP contribution in [0.1, 0.15) is 11.4 Å². The van der Waals surface area contributed by atoms with Crippen molar-refractivity contribution >= 4 is 33.2 Å². The lowest BCUT2D eigenvalue weighted by Gasteiger charge is -2.14. The van der Waals surface area contributed by atoms with Gasteiger partial charge >= 0.3 is 0 Å². The first kappa shape index (κ1) is 18.8. The molecule has 0 amide bonds. The molecule has 0 aliphatic heterocycles. The van der Waals surface area contributed by atoms with E-state index in [0.29, 0.717) is 39.7 Å². The lowest BCUT2D eigenvalue weighted by atomic mass is 10.1. The summed E-state index contributed by atoms with van der Waals surface area (Å²) in [7, 11) is 1.95. The second-order valence-corrected chi connectivity index (χ2v) is 8.05. The number of nitrogens with one attached hydrogen (secondary N) is 2. The predicted octanol–water partition coefficient (Wildman–Crippen LogP) is 3.66. The summed E-state index contributed by atoms with van der Waals surface area (Å²) >= 11 is 7.40. The highest BCUT2D eigenvalue weighted by Gasteiger charge is 2.15. The summed E-state index contributed by atoms with van der Waals surface area (Å²) in [6.45, 7) is 1.00. The van der Waals surface area contributed by atoms with E-state index in [1.807, 2.05) is 30.6 Å². The number of H-pyrrole nitrogens is 1. The Bertz CT molecular complexity index is 1190. The maximum Gasteiger partial charge on any atom is 0.260 e. The zero-order valence-electron chi connectivity index (χ0n) is 15.1. The Hall–Kier alpha value is -2.54. The number of fused-ring (bicyclic) bond motifs is 1. The third-order valence-corrected chi connectivity index (χ3v) is 5.69. The fraction of sp³-hybridized carbons (Fsp3) is 0.143. The molecule has 4 aromatic rings. The normalized spacial score (nSPS) is 12.4. The molecule has 2 aromatic heterocycles. The number of benzene rings is 2. The standard InChI is InChI=1S/C21H17ClFN3OS/c1-26(10-14-4-2-3-5-17(14)23)11-18-24-20(27)19-16(12-28-21(19)25-18)13-6-8-15(22)9-7-13/h2-9,12H,10-11H2,1H3,(H,24,25,27)/p+1. The van der Waals surface area contributed by atoms with Gasteiger partial charge in [-0.15, -0.1) is 11.3 Å². The van der Waals surface area contributed by atoms with Crippen molar-refractivity contribution in [3.8, 4) is 11.1 Å². The number of nitrogens with zero attached hydrogens (tertiary/aromatic N) is 1. The molecule has 1 atom stereocenters. The van der Waals surface area contributed by atoms with Gasteiger partial charge in [0.15, 0.2) is 5.82 Å². The number of aromatic amines is 1. The fourth-order valence-electron chi connectivity index (χ4n) is 3.23. The summed E-state index contributed by atoms with van der Waals surface area (Å²) in [6, 6.07) is 14.1. The van der Waals surface area contributed by atoms with E-state index < -0.39 is 0 Å². The van der Waals surface area contributed by atoms with Crippen LogP contribution in [0.15, 0.2) is 58.7 Å². The van der Waals surface area contributed by atoms with Gasteiger partial charge < -0.3 is 9.88 Å². The van der Waals surface area contributed by atoms with E-state index in [2.05, 4.69) is 9.97 Å². The van der Waals surface area contributed by atoms with Crippen LogP contribution in [-0.4, -0.2) is 17.0 Å². The van der Waals surface area contributed by atoms with Crippen LogP contribution in [0.25, 0.3) is 21.3 Å². The highest BCUT2D eigenvalue weighted by atomic mass is 35.5. The first-order chi connectivity index (χ1) is 13.5. The number of halogens is 2. The monoisotopic (exact) mass is 414 g/mol. The smallest absolute Gasteiger partial charge is 0.260 e. The zero-order valence-corrected chi connectivity index (χ0v) is 16.7. The molecule has 0 fully saturated rings. The lowest BCUT2D eigenvalue weighted by Crippen LogP contribution is -3.06. The SMILES string of the molecule is C[NH+](Cc1nc2scc(-c3ccc(Cl)cc3)c2c(=O)[nH]1)Cc1ccccc1F. The number of quaternary nitrogens is 1. The minimum Gasteiger partial charge on any atom is -0.327 e. The zero-order chi connectivity index (χ0) is 19.7. The summed E-state index contributed by atoms with van der Waals surface area (Å²) in [5.41, 5.74) is 2.26. The maximum absolute atomic E-state index is 13.9. The van der Waals surface area contributed by atoms with Crippen molar-refractivity contribution in [1.82, 2.24) is 9.97 Å². The molecule has 0 radical (unpaired) electrons. The van der Waals surface area contributed by atoms with Gasteiger partial charge in [-0.05, 0) is 23.8 Å². The van der Waals surface area contributed by atoms with E-state index in [9.17, 15) is 9.18 Å². The summed E-state index contributed by atoms with van der Waals surface area (Å²) in [6.07, 6.45) is 0. The lowest BCUT2D eigenvalue weighted by molar-refractivity contribution is -0.908. The van der Waals surface area contributed by atoms with E-state index in [1.165, 1.54) is 17.4 Å². The number of hydrogen-bond acceptors (Lipinski definition) is 3. The number of hydrogen-bond donors (Lipinski definition) is 2. The highest BCUT2D eigenvalue weighted by Crippen LogP contribution is 2.31. The Morgan fingerprint density at radius 2 is 1.89 bits per heavy atom. The van der Waals surface area contributed by atoms with Crippen LogP contribution in [0, 0.1) is 5.82 Å². The van der Waals surface area contributed by atoms with Crippen molar-refractivity contribution in [3.05, 3.63) is 86.5 Å². The molecule has 2 heterocycles. The Kier molecular flexibility index (Phi) is 5.26. The minimum atomic E-state index is -0.218. The fourth-order valence-corrected chi connectivity index (χ4v) is 4.33. The molecule has 0 saturated carbocycles. The first-order valence-corrected chi connectivity index (χ1v) is 10.1. The molecule has 2 N–H and O–H groups in total. The third-order valence-electron chi connectivity index (χ3n) is 4.57. The molecule has 4 nitrogen and oxygen atoms in total. The van der Waals surface area contributed by atoms with E-state index in [-0.39, 0.29) is 11.4 Å². The molecule has 0 bridgehead atoms. The summed E-state index contributed by atoms with van der Waals surface area (Å²) in [4.78, 5) is 22.0. The summed E-state index contributed by atoms with van der Waals surface area (Å²) in [5, 5.41) is 3.18. The van der Waals surface area contributed by atoms with Crippen LogP contribution in [-0.2, 0) is 13.1 Å². The molecule has 0 saturated heterocycles. The minimum absolute atomic E-state index is 0.162. The molecule has 0 aliphatic rings. The largest absolute Gasteiger partial charge is 0.327 e. The van der Waals surface area contributed by atoms with Gasteiger partial charge in [-0.25, -0.2) is 9.37 Å². The molecule has 2 aromatic carbocycles. The number of aromatic nitrogens is 2. The Balaban J connectivity index is 1.61. The number of rotatable bonds is 5. The van der Waals surface area contributed by atoms with Crippen molar-refractivity contribution in [2.75, 3.05) is 7.05 Å². The number of thiophene rings is 1. The van der Waals surface area contributed by atoms with Crippen LogP contribution in [0.4, 0.5) is 4.39 Å². The van der Waals surface area contributed by atoms with Crippen molar-refractivity contribution < 1.29 is 9.29 Å². The topological polar surface area (TPSA) is 50.2 Å². The molecule has 7 heteroatoms. The van der Waals surface area contributed by atoms with Crippen molar-refractivity contribution in [2.24, 2.45) is 0 Å². The van der Waals surface area contributed by atoms with E-state index in [4.69, 9.17) is 11.6 Å². The van der Waals surface area contributed by atoms with Gasteiger partial charge in [0.1, 0.15) is 23.7 Å². The van der Waals surface area contributed by atoms with Crippen molar-refractivity contribution in [3.63, 3.8) is 0 Å². The van der Waals surface area contributed by atoms with Crippen LogP contribution in [0.2, 0.25) is 5.02 Å². The van der Waals surface area contributed by atoms with Gasteiger partial charge in [0.25, 0.3) is 5.56 Å². The van der Waals surface area contributed by atoms with Gasteiger partial charge in [-0.2, -0.15) is 0 Å². The second-order valence-electron chi connectivity index (χ2n) is 6.75. The second kappa shape index (κ2) is 7.83. The Labute approximate surface area is 170 Å². The predicted molar refractivity (Wildman–Crippen MR) is 111 cm³/mol. The molecular formula is C21H18ClFN3OS+. The molecule has 28 heavy (non-hydrogen) atoms. The van der Waals surface area contributed by atoms with Gasteiger partial charge in [-0.1, -0.05) is 41.9 Å². The van der Waals surface area contributed by atoms with Crippen LogP contribution >= 0.6 is 22.9 Å². The third kappa shape index (κ3) is 3.85. The van der Waals surface area contributed by atoms with E-state index in [1.54, 1.807) is 24.3 Å². The van der Waals surface area contributed by atoms with Crippen LogP contribution in [0.3, 0.4) is 0 Å². The molecular weight excluding hydrogens is 397 g/mol. The van der Waals surface area contributed by atoms with Gasteiger partial charge in [0, 0.05) is 21.5 Å². The van der Waals surface area contributed by atoms with Crippen molar-refractivity contribution in [2.45, 2.75) is 13.1 Å². The molecule has 142 valence electrons. The summed E-state index contributed by atoms with van der Waals surface area (Å²) in [5.74, 6) is 0.375. The maximum atomic E-state index is 13.9. The molecule has 0 spiro atoms. The summed E-state index contributed by atoms with van der Waals surface area (Å²) < 4.78 is 13.9. The molecule has 1 unspecified atom stereocenters. The van der Waals surface area contributed by atoms with Crippen LogP contribution < -0.4 is 10.5 Å². The Morgan fingerprint density at radius 1 is 1.14 bits per heavy atom. The van der Waals surface area contributed by atoms with Gasteiger partial charge in [0.2, 0.25) is 0 Å². The van der Waals surface area contributed by atoms with E-state index >= 15 is 0 Å². The Morgan fingerprint density at radius 3 is 2.64 bits per heavy atom. The van der Waals surface area contributed by atoms with Crippen molar-refractivity contribution in [1.29, 1.82) is 0 Å². The highest BCUT2D eigenvalue weighted by molar-refractivity contribution is 7.17. The van der Waals surface area contributed by atoms with E-state index in [0.717, 1.165) is 16.0 Å². The average molecular weight is 415 g/mol.